The first-order chi connectivity index (χ1) is 17.3. The normalized spacial score (nSPS) is 16.0. The third-order valence-electron chi connectivity index (χ3n) is 6.40. The fourth-order valence-electron chi connectivity index (χ4n) is 4.54. The summed E-state index contributed by atoms with van der Waals surface area (Å²) in [6, 6.07) is 22.5. The first-order valence-electron chi connectivity index (χ1n) is 11.9. The van der Waals surface area contributed by atoms with Crippen molar-refractivity contribution in [3.05, 3.63) is 94.5 Å². The third kappa shape index (κ3) is 5.60. The Morgan fingerprint density at radius 1 is 1.00 bits per heavy atom. The molecule has 1 aliphatic heterocycles. The summed E-state index contributed by atoms with van der Waals surface area (Å²) in [6.45, 7) is 5.58. The van der Waals surface area contributed by atoms with E-state index in [4.69, 9.17) is 16.3 Å². The van der Waals surface area contributed by atoms with Crippen LogP contribution in [0, 0.1) is 5.92 Å². The molecule has 0 aliphatic carbocycles. The lowest BCUT2D eigenvalue weighted by Gasteiger charge is -2.21. The van der Waals surface area contributed by atoms with Gasteiger partial charge in [-0.3, -0.25) is 9.59 Å². The molecule has 1 N–H and O–H groups in total. The van der Waals surface area contributed by atoms with Gasteiger partial charge in [-0.05, 0) is 59.0 Å². The van der Waals surface area contributed by atoms with Gasteiger partial charge >= 0.3 is 0 Å². The molecule has 4 rings (SSSR count). The first kappa shape index (κ1) is 25.5. The molecule has 0 spiro atoms. The molecule has 2 unspecified atom stereocenters. The zero-order valence-electron chi connectivity index (χ0n) is 20.9. The number of carbonyl (C=O) groups is 2. The minimum absolute atomic E-state index is 0.0689. The Morgan fingerprint density at radius 2 is 1.64 bits per heavy atom. The van der Waals surface area contributed by atoms with Crippen molar-refractivity contribution in [2.24, 2.45) is 11.0 Å². The maximum Gasteiger partial charge on any atom is 0.240 e. The highest BCUT2D eigenvalue weighted by atomic mass is 35.5. The number of hydrogen-bond donors (Lipinski definition) is 1. The van der Waals surface area contributed by atoms with E-state index in [-0.39, 0.29) is 29.7 Å². The number of hydrogen-bond acceptors (Lipinski definition) is 4. The standard InChI is InChI=1S/C29H30ClN3O3/c1-18(2)28(22-5-11-23(30)12-6-22)29(35)31-24-13-7-20(8-14-24)26-17-27(33(32-26)19(3)34)21-9-15-25(36-4)16-10-21/h5-16,18,27-28H,17H2,1-4H3,(H,31,35). The second-order valence-corrected chi connectivity index (χ2v) is 9.68. The molecule has 0 fully saturated rings. The smallest absolute Gasteiger partial charge is 0.240 e. The topological polar surface area (TPSA) is 71.0 Å². The third-order valence-corrected chi connectivity index (χ3v) is 6.65. The van der Waals surface area contributed by atoms with Crippen molar-refractivity contribution < 1.29 is 14.3 Å². The molecule has 0 bridgehead atoms. The quantitative estimate of drug-likeness (QED) is 0.404. The highest BCUT2D eigenvalue weighted by Gasteiger charge is 2.31. The molecule has 1 heterocycles. The SMILES string of the molecule is COc1ccc(C2CC(c3ccc(NC(=O)C(c4ccc(Cl)cc4)C(C)C)cc3)=NN2C(C)=O)cc1. The average molecular weight is 504 g/mol. The highest BCUT2D eigenvalue weighted by molar-refractivity contribution is 6.30. The van der Waals surface area contributed by atoms with Crippen molar-refractivity contribution in [1.29, 1.82) is 0 Å². The zero-order chi connectivity index (χ0) is 25.8. The minimum Gasteiger partial charge on any atom is -0.497 e. The van der Waals surface area contributed by atoms with Crippen LogP contribution in [0.3, 0.4) is 0 Å². The van der Waals surface area contributed by atoms with Gasteiger partial charge in [0, 0.05) is 24.1 Å². The molecule has 6 nitrogen and oxygen atoms in total. The molecule has 1 aliphatic rings. The number of nitrogens with one attached hydrogen (secondary N) is 1. The molecular formula is C29H30ClN3O3. The summed E-state index contributed by atoms with van der Waals surface area (Å²) in [5.74, 6) is 0.402. The number of hydrazone groups is 1. The number of amides is 2. The summed E-state index contributed by atoms with van der Waals surface area (Å²) in [5, 5.41) is 9.83. The van der Waals surface area contributed by atoms with Crippen LogP contribution in [-0.2, 0) is 9.59 Å². The minimum atomic E-state index is -0.296. The van der Waals surface area contributed by atoms with Gasteiger partial charge < -0.3 is 10.1 Å². The van der Waals surface area contributed by atoms with Crippen LogP contribution in [0.1, 0.15) is 55.8 Å². The lowest BCUT2D eigenvalue weighted by Crippen LogP contribution is -2.25. The fourth-order valence-corrected chi connectivity index (χ4v) is 4.66. The number of carbonyl (C=O) groups excluding carboxylic acids is 2. The Labute approximate surface area is 216 Å². The molecule has 0 radical (unpaired) electrons. The van der Waals surface area contributed by atoms with E-state index in [1.165, 1.54) is 11.9 Å². The molecule has 0 saturated carbocycles. The van der Waals surface area contributed by atoms with Gasteiger partial charge in [-0.25, -0.2) is 5.01 Å². The van der Waals surface area contributed by atoms with E-state index in [0.29, 0.717) is 17.1 Å². The van der Waals surface area contributed by atoms with Crippen molar-refractivity contribution in [3.8, 4) is 5.75 Å². The molecule has 0 aromatic heterocycles. The van der Waals surface area contributed by atoms with Crippen LogP contribution in [0.5, 0.6) is 5.75 Å². The largest absolute Gasteiger partial charge is 0.497 e. The van der Waals surface area contributed by atoms with Crippen molar-refractivity contribution in [2.45, 2.75) is 39.2 Å². The second-order valence-electron chi connectivity index (χ2n) is 9.24. The van der Waals surface area contributed by atoms with Gasteiger partial charge in [0.2, 0.25) is 11.8 Å². The molecule has 2 atom stereocenters. The summed E-state index contributed by atoms with van der Waals surface area (Å²) in [5.41, 5.74) is 4.36. The van der Waals surface area contributed by atoms with Crippen LogP contribution in [0.4, 0.5) is 5.69 Å². The molecule has 3 aromatic carbocycles. The zero-order valence-corrected chi connectivity index (χ0v) is 21.6. The van der Waals surface area contributed by atoms with E-state index in [1.807, 2.05) is 74.5 Å². The van der Waals surface area contributed by atoms with E-state index in [9.17, 15) is 9.59 Å². The van der Waals surface area contributed by atoms with E-state index in [1.54, 1.807) is 19.2 Å². The van der Waals surface area contributed by atoms with Crippen LogP contribution in [0.25, 0.3) is 0 Å². The monoisotopic (exact) mass is 503 g/mol. The van der Waals surface area contributed by atoms with Crippen molar-refractivity contribution in [1.82, 2.24) is 5.01 Å². The molecule has 2 amide bonds. The number of anilines is 1. The number of halogens is 1. The van der Waals surface area contributed by atoms with Gasteiger partial charge in [-0.15, -0.1) is 0 Å². The van der Waals surface area contributed by atoms with Crippen LogP contribution < -0.4 is 10.1 Å². The maximum absolute atomic E-state index is 13.1. The van der Waals surface area contributed by atoms with Crippen LogP contribution in [0.2, 0.25) is 5.02 Å². The van der Waals surface area contributed by atoms with Gasteiger partial charge in [0.15, 0.2) is 0 Å². The lowest BCUT2D eigenvalue weighted by molar-refractivity contribution is -0.130. The highest BCUT2D eigenvalue weighted by Crippen LogP contribution is 2.34. The summed E-state index contributed by atoms with van der Waals surface area (Å²) in [6.07, 6.45) is 0.601. The Kier molecular flexibility index (Phi) is 7.75. The number of benzene rings is 3. The fraction of sp³-hybridized carbons (Fsp3) is 0.276. The maximum atomic E-state index is 13.1. The van der Waals surface area contributed by atoms with Crippen molar-refractivity contribution in [2.75, 3.05) is 12.4 Å². The molecule has 0 saturated heterocycles. The number of rotatable bonds is 7. The van der Waals surface area contributed by atoms with Gasteiger partial charge in [0.25, 0.3) is 0 Å². The van der Waals surface area contributed by atoms with Gasteiger partial charge in [-0.2, -0.15) is 5.10 Å². The molecular weight excluding hydrogens is 474 g/mol. The summed E-state index contributed by atoms with van der Waals surface area (Å²) < 4.78 is 5.25. The number of ether oxygens (including phenoxy) is 1. The van der Waals surface area contributed by atoms with Crippen LogP contribution >= 0.6 is 11.6 Å². The van der Waals surface area contributed by atoms with Crippen LogP contribution in [-0.4, -0.2) is 29.6 Å². The second kappa shape index (κ2) is 11.0. The number of methoxy groups -OCH3 is 1. The lowest BCUT2D eigenvalue weighted by atomic mass is 9.87. The van der Waals surface area contributed by atoms with Crippen LogP contribution in [0.15, 0.2) is 77.9 Å². The first-order valence-corrected chi connectivity index (χ1v) is 12.3. The summed E-state index contributed by atoms with van der Waals surface area (Å²) in [7, 11) is 1.63. The summed E-state index contributed by atoms with van der Waals surface area (Å²) in [4.78, 5) is 25.4. The molecule has 7 heteroatoms. The summed E-state index contributed by atoms with van der Waals surface area (Å²) >= 11 is 6.02. The van der Waals surface area contributed by atoms with E-state index in [0.717, 1.165) is 28.2 Å². The molecule has 36 heavy (non-hydrogen) atoms. The van der Waals surface area contributed by atoms with Gasteiger partial charge in [-0.1, -0.05) is 61.8 Å². The van der Waals surface area contributed by atoms with Gasteiger partial charge in [0.05, 0.1) is 24.8 Å². The predicted octanol–water partition coefficient (Wildman–Crippen LogP) is 6.42. The number of nitrogens with zero attached hydrogens (tertiary/aromatic N) is 2. The van der Waals surface area contributed by atoms with Gasteiger partial charge in [0.1, 0.15) is 5.75 Å². The Morgan fingerprint density at radius 3 is 2.19 bits per heavy atom. The Hall–Kier alpha value is -3.64. The molecule has 186 valence electrons. The molecule has 3 aromatic rings. The van der Waals surface area contributed by atoms with Crippen molar-refractivity contribution >= 4 is 34.8 Å². The average Bonchev–Trinajstić information content (AvgIpc) is 3.32. The predicted molar refractivity (Wildman–Crippen MR) is 144 cm³/mol. The van der Waals surface area contributed by atoms with E-state index < -0.39 is 0 Å². The Balaban J connectivity index is 1.49. The van der Waals surface area contributed by atoms with E-state index >= 15 is 0 Å². The van der Waals surface area contributed by atoms with Crippen molar-refractivity contribution in [3.63, 3.8) is 0 Å². The Bertz CT molecular complexity index is 1250. The van der Waals surface area contributed by atoms with E-state index in [2.05, 4.69) is 10.4 Å².